The number of benzene rings is 14. The molecule has 21 aromatic rings. The van der Waals surface area contributed by atoms with Gasteiger partial charge in [-0.25, -0.2) is 19.8 Å². The largest absolute Gasteiger partial charge is 0.455 e. The van der Waals surface area contributed by atoms with Crippen molar-refractivity contribution in [3.63, 3.8) is 0 Å². The molecule has 0 aliphatic carbocycles. The Kier molecular flexibility index (Phi) is 11.4. The van der Waals surface area contributed by atoms with Crippen LogP contribution < -0.4 is 0 Å². The molecule has 0 amide bonds. The Morgan fingerprint density at radius 1 is 0.265 bits per heavy atom. The average molecular weight is 1250 g/mol. The molecule has 0 unspecified atom stereocenters. The topological polar surface area (TPSA) is 105 Å². The van der Waals surface area contributed by atoms with Gasteiger partial charge in [-0.2, -0.15) is 0 Å². The zero-order chi connectivity index (χ0) is 64.3. The quantitative estimate of drug-likeness (QED) is 0.140. The second-order valence-electron chi connectivity index (χ2n) is 25.1. The number of nitrogens with zero attached hydrogens (tertiary/aromatic N) is 6. The lowest BCUT2D eigenvalue weighted by Crippen LogP contribution is -2.08. The molecule has 0 atom stereocenters. The van der Waals surface area contributed by atoms with Crippen LogP contribution in [0.1, 0.15) is 0 Å². The number of hydrogen-bond donors (Lipinski definition) is 0. The molecule has 98 heavy (non-hydrogen) atoms. The van der Waals surface area contributed by atoms with Crippen LogP contribution in [0.5, 0.6) is 0 Å². The van der Waals surface area contributed by atoms with E-state index >= 15 is 0 Å². The van der Waals surface area contributed by atoms with Gasteiger partial charge < -0.3 is 26.8 Å². The summed E-state index contributed by atoms with van der Waals surface area (Å²) in [7, 11) is 0. The number of fused-ring (bicyclic) bond motifs is 20. The third-order valence-corrected chi connectivity index (χ3v) is 19.8. The van der Waals surface area contributed by atoms with Crippen molar-refractivity contribution in [1.29, 1.82) is 0 Å². The van der Waals surface area contributed by atoms with Gasteiger partial charge in [0.1, 0.15) is 44.7 Å². The molecule has 0 saturated carbocycles. The van der Waals surface area contributed by atoms with Crippen LogP contribution in [-0.2, 0) is 0 Å². The SMILES string of the molecule is [C-]#[N+]c1cc(-c2nc(-c3cccc4c3oc3ccccc34)nc(-c3cccc4c3oc3ccccc34)n2)c(-n2c3ccc(-c4ccccc4)cc3c3c4oc5ccccc5c4ccc32)c(-c2ccccc2)c1-n1c2ccc(-c3ccccc3)cc2c2c3oc4ccccc4c3ccc21. The van der Waals surface area contributed by atoms with E-state index in [-0.39, 0.29) is 0 Å². The van der Waals surface area contributed by atoms with Crippen LogP contribution in [0.25, 0.3) is 215 Å². The fourth-order valence-electron chi connectivity index (χ4n) is 15.5. The van der Waals surface area contributed by atoms with Crippen molar-refractivity contribution < 1.29 is 17.7 Å². The van der Waals surface area contributed by atoms with E-state index in [0.29, 0.717) is 62.4 Å². The summed E-state index contributed by atoms with van der Waals surface area (Å²) in [5.74, 6) is 1.05. The number of hydrogen-bond acceptors (Lipinski definition) is 7. The third-order valence-electron chi connectivity index (χ3n) is 19.8. The van der Waals surface area contributed by atoms with Crippen LogP contribution in [-0.4, -0.2) is 24.1 Å². The monoisotopic (exact) mass is 1250 g/mol. The van der Waals surface area contributed by atoms with Crippen LogP contribution in [0.3, 0.4) is 0 Å². The van der Waals surface area contributed by atoms with Crippen molar-refractivity contribution in [3.8, 4) is 78.9 Å². The minimum Gasteiger partial charge on any atom is -0.455 e. The highest BCUT2D eigenvalue weighted by Crippen LogP contribution is 2.53. The van der Waals surface area contributed by atoms with Gasteiger partial charge in [-0.3, -0.25) is 0 Å². The van der Waals surface area contributed by atoms with Gasteiger partial charge in [0.25, 0.3) is 0 Å². The molecular formula is C88H48N6O4. The minimum atomic E-state index is 0.314. The molecule has 21 rings (SSSR count). The molecule has 14 aromatic carbocycles. The number of furan rings is 4. The smallest absolute Gasteiger partial charge is 0.212 e. The summed E-state index contributed by atoms with van der Waals surface area (Å²) in [6, 6.07) is 101. The van der Waals surface area contributed by atoms with E-state index < -0.39 is 0 Å². The Hall–Kier alpha value is -13.6. The standard InChI is InChI=1S/C88H48N6O4/c1-89-68-49-67(88-91-86(63-33-19-31-59-55-27-11-15-35-73(55)95-82(59)63)90-87(92-88)64-34-20-32-60-56-28-12-16-36-74(56)96-83(60)64)80(93-69-43-39-53(50-21-5-2-6-22-50)47-65(69)78-71(93)45-41-61-57-29-13-17-37-75(57)97-84(61)78)77(52-25-9-4-10-26-52)81(68)94-70-44-40-54(51-23-7-3-8-24-51)48-66(70)79-72(94)46-42-62-58-30-14-18-38-76(58)98-85(62)79/h2-49H. The Balaban J connectivity index is 0.964. The van der Waals surface area contributed by atoms with Crippen LogP contribution in [0, 0.1) is 6.57 Å². The zero-order valence-electron chi connectivity index (χ0n) is 52.0. The number of rotatable bonds is 8. The summed E-state index contributed by atoms with van der Waals surface area (Å²) in [5.41, 5.74) is 18.8. The maximum absolute atomic E-state index is 9.76. The van der Waals surface area contributed by atoms with Gasteiger partial charge >= 0.3 is 0 Å². The normalized spacial score (nSPS) is 12.1. The molecular weight excluding hydrogens is 1210 g/mol. The second kappa shape index (κ2) is 20.7. The van der Waals surface area contributed by atoms with Crippen LogP contribution in [0.2, 0.25) is 0 Å². The third kappa shape index (κ3) is 7.81. The molecule has 0 fully saturated rings. The van der Waals surface area contributed by atoms with Crippen LogP contribution in [0.15, 0.2) is 309 Å². The molecule has 10 nitrogen and oxygen atoms in total. The first-order valence-electron chi connectivity index (χ1n) is 32.7. The van der Waals surface area contributed by atoms with Gasteiger partial charge in [0.05, 0.1) is 61.9 Å². The molecule has 7 aromatic heterocycles. The van der Waals surface area contributed by atoms with E-state index in [4.69, 9.17) is 37.5 Å². The van der Waals surface area contributed by atoms with Gasteiger partial charge in [-0.05, 0) is 119 Å². The van der Waals surface area contributed by atoms with Crippen molar-refractivity contribution in [2.45, 2.75) is 0 Å². The van der Waals surface area contributed by atoms with Crippen LogP contribution >= 0.6 is 0 Å². The van der Waals surface area contributed by atoms with Crippen molar-refractivity contribution in [1.82, 2.24) is 24.1 Å². The highest BCUT2D eigenvalue weighted by Gasteiger charge is 2.32. The zero-order valence-corrected chi connectivity index (χ0v) is 52.0. The maximum Gasteiger partial charge on any atom is 0.212 e. The molecule has 0 radical (unpaired) electrons. The van der Waals surface area contributed by atoms with E-state index in [9.17, 15) is 6.57 Å². The Morgan fingerprint density at radius 2 is 0.622 bits per heavy atom. The van der Waals surface area contributed by atoms with Gasteiger partial charge in [0.15, 0.2) is 17.5 Å². The molecule has 0 bridgehead atoms. The predicted molar refractivity (Wildman–Crippen MR) is 396 cm³/mol. The fraction of sp³-hybridized carbons (Fsp3) is 0. The van der Waals surface area contributed by atoms with E-state index in [1.54, 1.807) is 0 Å². The molecule has 0 N–H and O–H groups in total. The first-order chi connectivity index (χ1) is 48.6. The molecule has 0 aliphatic heterocycles. The van der Waals surface area contributed by atoms with Gasteiger partial charge in [0, 0.05) is 65.0 Å². The average Bonchev–Trinajstić information content (AvgIpc) is 1.51. The van der Waals surface area contributed by atoms with Gasteiger partial charge in [0.2, 0.25) is 5.69 Å². The molecule has 0 saturated heterocycles. The summed E-state index contributed by atoms with van der Waals surface area (Å²) in [4.78, 5) is 21.7. The van der Waals surface area contributed by atoms with Gasteiger partial charge in [-0.1, -0.05) is 200 Å². The first-order valence-corrected chi connectivity index (χ1v) is 32.7. The Bertz CT molecular complexity index is 6870. The lowest BCUT2D eigenvalue weighted by atomic mass is 9.94. The summed E-state index contributed by atoms with van der Waals surface area (Å²) >= 11 is 0. The molecule has 10 heteroatoms. The summed E-state index contributed by atoms with van der Waals surface area (Å²) in [6.45, 7) is 9.76. The lowest BCUT2D eigenvalue weighted by molar-refractivity contribution is 0.669. The van der Waals surface area contributed by atoms with Crippen molar-refractivity contribution in [2.75, 3.05) is 0 Å². The van der Waals surface area contributed by atoms with Crippen LogP contribution in [0.4, 0.5) is 5.69 Å². The number of aromatic nitrogens is 5. The van der Waals surface area contributed by atoms with Crippen molar-refractivity contribution >= 4 is 137 Å². The van der Waals surface area contributed by atoms with E-state index in [1.165, 1.54) is 0 Å². The summed E-state index contributed by atoms with van der Waals surface area (Å²) in [6.07, 6.45) is 0. The summed E-state index contributed by atoms with van der Waals surface area (Å²) in [5, 5.41) is 11.6. The minimum absolute atomic E-state index is 0.314. The molecule has 7 heterocycles. The maximum atomic E-state index is 9.76. The Labute approximate surface area is 557 Å². The lowest BCUT2D eigenvalue weighted by Gasteiger charge is -2.24. The highest BCUT2D eigenvalue weighted by molar-refractivity contribution is 6.27. The van der Waals surface area contributed by atoms with E-state index in [2.05, 4.69) is 191 Å². The number of para-hydroxylation sites is 6. The first kappa shape index (κ1) is 53.8. The van der Waals surface area contributed by atoms with E-state index in [0.717, 1.165) is 154 Å². The van der Waals surface area contributed by atoms with Crippen molar-refractivity contribution in [2.24, 2.45) is 0 Å². The molecule has 0 aliphatic rings. The molecule has 454 valence electrons. The predicted octanol–water partition coefficient (Wildman–Crippen LogP) is 24.2. The van der Waals surface area contributed by atoms with Crippen molar-refractivity contribution in [3.05, 3.63) is 303 Å². The fourth-order valence-corrected chi connectivity index (χ4v) is 15.5. The Morgan fingerprint density at radius 3 is 1.06 bits per heavy atom. The highest BCUT2D eigenvalue weighted by atomic mass is 16.3. The van der Waals surface area contributed by atoms with Gasteiger partial charge in [-0.15, -0.1) is 0 Å². The second-order valence-corrected chi connectivity index (χ2v) is 25.1. The van der Waals surface area contributed by atoms with E-state index in [1.807, 2.05) is 109 Å². The molecule has 0 spiro atoms. The summed E-state index contributed by atoms with van der Waals surface area (Å²) < 4.78 is 32.6.